The highest BCUT2D eigenvalue weighted by atomic mass is 19.3. The van der Waals surface area contributed by atoms with Crippen molar-refractivity contribution in [3.05, 3.63) is 29.3 Å². The van der Waals surface area contributed by atoms with E-state index in [0.717, 1.165) is 18.7 Å². The number of ether oxygens (including phenoxy) is 1. The number of likely N-dealkylation sites (tertiary alicyclic amines) is 1. The molecular formula is C20H32F2N4O. The van der Waals surface area contributed by atoms with Crippen LogP contribution in [-0.2, 0) is 6.54 Å². The maximum absolute atomic E-state index is 12.6. The maximum atomic E-state index is 12.6. The smallest absolute Gasteiger partial charge is 0.387 e. The molecule has 1 aromatic rings. The molecule has 1 aliphatic rings. The van der Waals surface area contributed by atoms with Gasteiger partial charge in [0.1, 0.15) is 5.75 Å². The second kappa shape index (κ2) is 10.4. The number of halogens is 2. The van der Waals surface area contributed by atoms with Crippen molar-refractivity contribution >= 4 is 5.96 Å². The number of nitrogens with zero attached hydrogens (tertiary/aromatic N) is 2. The summed E-state index contributed by atoms with van der Waals surface area (Å²) in [4.78, 5) is 6.75. The molecule has 152 valence electrons. The third kappa shape index (κ3) is 6.97. The van der Waals surface area contributed by atoms with Crippen molar-refractivity contribution in [2.75, 3.05) is 26.7 Å². The van der Waals surface area contributed by atoms with Gasteiger partial charge in [0.25, 0.3) is 0 Å². The van der Waals surface area contributed by atoms with E-state index in [1.54, 1.807) is 19.2 Å². The summed E-state index contributed by atoms with van der Waals surface area (Å²) < 4.78 is 29.8. The highest BCUT2D eigenvalue weighted by Gasteiger charge is 2.21. The first-order valence-corrected chi connectivity index (χ1v) is 9.62. The fraction of sp³-hybridized carbons (Fsp3) is 0.650. The summed E-state index contributed by atoms with van der Waals surface area (Å²) in [6.45, 7) is 7.02. The molecule has 0 saturated carbocycles. The predicted octanol–water partition coefficient (Wildman–Crippen LogP) is 3.38. The Balaban J connectivity index is 1.88. The summed E-state index contributed by atoms with van der Waals surface area (Å²) in [5, 5.41) is 6.57. The van der Waals surface area contributed by atoms with Gasteiger partial charge in [-0.05, 0) is 52.1 Å². The third-order valence-corrected chi connectivity index (χ3v) is 4.94. The standard InChI is InChI=1S/C20H32F2N4O/c1-14(2)26-9-5-6-16(13-26)11-24-20(23-4)25-12-17-10-15(3)7-8-18(17)27-19(21)22/h7-8,10,14,16,19H,5-6,9,11-13H2,1-4H3,(H2,23,24,25). The molecule has 27 heavy (non-hydrogen) atoms. The second-order valence-corrected chi connectivity index (χ2v) is 7.39. The number of aliphatic imine (C=N–C) groups is 1. The van der Waals surface area contributed by atoms with Gasteiger partial charge in [-0.3, -0.25) is 4.99 Å². The molecule has 1 unspecified atom stereocenters. The topological polar surface area (TPSA) is 48.9 Å². The summed E-state index contributed by atoms with van der Waals surface area (Å²) in [6, 6.07) is 5.76. The first kappa shape index (κ1) is 21.4. The number of guanidine groups is 1. The summed E-state index contributed by atoms with van der Waals surface area (Å²) in [5.41, 5.74) is 1.68. The molecule has 1 saturated heterocycles. The Morgan fingerprint density at radius 2 is 2.11 bits per heavy atom. The van der Waals surface area contributed by atoms with Crippen molar-refractivity contribution in [2.45, 2.75) is 52.8 Å². The van der Waals surface area contributed by atoms with Crippen LogP contribution in [0.15, 0.2) is 23.2 Å². The van der Waals surface area contributed by atoms with Gasteiger partial charge in [-0.25, -0.2) is 0 Å². The number of rotatable bonds is 7. The number of hydrogen-bond donors (Lipinski definition) is 2. The van der Waals surface area contributed by atoms with Gasteiger partial charge in [0, 0.05) is 38.3 Å². The lowest BCUT2D eigenvalue weighted by Gasteiger charge is -2.35. The zero-order valence-corrected chi connectivity index (χ0v) is 16.8. The maximum Gasteiger partial charge on any atom is 0.387 e. The number of nitrogens with one attached hydrogen (secondary N) is 2. The quantitative estimate of drug-likeness (QED) is 0.561. The average molecular weight is 382 g/mol. The van der Waals surface area contributed by atoms with E-state index < -0.39 is 6.61 Å². The van der Waals surface area contributed by atoms with Crippen LogP contribution in [0.1, 0.15) is 37.8 Å². The molecule has 0 aromatic heterocycles. The van der Waals surface area contributed by atoms with Crippen LogP contribution in [0.25, 0.3) is 0 Å². The van der Waals surface area contributed by atoms with Crippen molar-refractivity contribution in [1.82, 2.24) is 15.5 Å². The van der Waals surface area contributed by atoms with E-state index in [4.69, 9.17) is 0 Å². The Morgan fingerprint density at radius 1 is 1.33 bits per heavy atom. The molecule has 0 radical (unpaired) electrons. The minimum absolute atomic E-state index is 0.193. The minimum atomic E-state index is -2.83. The average Bonchev–Trinajstić information content (AvgIpc) is 2.63. The number of alkyl halides is 2. The first-order chi connectivity index (χ1) is 12.9. The monoisotopic (exact) mass is 382 g/mol. The van der Waals surface area contributed by atoms with Crippen LogP contribution in [0.5, 0.6) is 5.75 Å². The van der Waals surface area contributed by atoms with Crippen LogP contribution >= 0.6 is 0 Å². The first-order valence-electron chi connectivity index (χ1n) is 9.62. The largest absolute Gasteiger partial charge is 0.434 e. The molecule has 2 N–H and O–H groups in total. The molecule has 1 aliphatic heterocycles. The zero-order chi connectivity index (χ0) is 19.8. The van der Waals surface area contributed by atoms with E-state index in [9.17, 15) is 8.78 Å². The van der Waals surface area contributed by atoms with Crippen molar-refractivity contribution < 1.29 is 13.5 Å². The van der Waals surface area contributed by atoms with Crippen molar-refractivity contribution in [3.8, 4) is 5.75 Å². The van der Waals surface area contributed by atoms with Crippen molar-refractivity contribution in [3.63, 3.8) is 0 Å². The number of aryl methyl sites for hydroxylation is 1. The highest BCUT2D eigenvalue weighted by molar-refractivity contribution is 5.79. The van der Waals surface area contributed by atoms with Crippen molar-refractivity contribution in [1.29, 1.82) is 0 Å². The van der Waals surface area contributed by atoms with Crippen LogP contribution < -0.4 is 15.4 Å². The van der Waals surface area contributed by atoms with Gasteiger partial charge in [0.15, 0.2) is 5.96 Å². The van der Waals surface area contributed by atoms with E-state index >= 15 is 0 Å². The van der Waals surface area contributed by atoms with E-state index in [1.807, 2.05) is 13.0 Å². The van der Waals surface area contributed by atoms with Crippen LogP contribution in [0.3, 0.4) is 0 Å². The molecule has 0 bridgehead atoms. The van der Waals surface area contributed by atoms with Gasteiger partial charge in [-0.1, -0.05) is 17.7 Å². The summed E-state index contributed by atoms with van der Waals surface area (Å²) >= 11 is 0. The molecule has 0 aliphatic carbocycles. The molecule has 2 rings (SSSR count). The van der Waals surface area contributed by atoms with E-state index in [0.29, 0.717) is 30.0 Å². The zero-order valence-electron chi connectivity index (χ0n) is 16.8. The van der Waals surface area contributed by atoms with Gasteiger partial charge in [0.05, 0.1) is 0 Å². The molecule has 0 spiro atoms. The summed E-state index contributed by atoms with van der Waals surface area (Å²) in [5.74, 6) is 1.44. The Morgan fingerprint density at radius 3 is 2.78 bits per heavy atom. The Kier molecular flexibility index (Phi) is 8.28. The number of benzene rings is 1. The lowest BCUT2D eigenvalue weighted by molar-refractivity contribution is -0.0504. The number of hydrogen-bond acceptors (Lipinski definition) is 3. The van der Waals surface area contributed by atoms with Crippen LogP contribution in [0.4, 0.5) is 8.78 Å². The third-order valence-electron chi connectivity index (χ3n) is 4.94. The normalized spacial score (nSPS) is 18.8. The fourth-order valence-corrected chi connectivity index (χ4v) is 3.43. The van der Waals surface area contributed by atoms with Crippen LogP contribution in [-0.4, -0.2) is 50.2 Å². The molecule has 5 nitrogen and oxygen atoms in total. The van der Waals surface area contributed by atoms with Crippen LogP contribution in [0.2, 0.25) is 0 Å². The lowest BCUT2D eigenvalue weighted by Crippen LogP contribution is -2.46. The Bertz CT molecular complexity index is 622. The SMILES string of the molecule is CN=C(NCc1cc(C)ccc1OC(F)F)NCC1CCCN(C(C)C)C1. The van der Waals surface area contributed by atoms with E-state index in [1.165, 1.54) is 19.4 Å². The van der Waals surface area contributed by atoms with Crippen molar-refractivity contribution in [2.24, 2.45) is 10.9 Å². The highest BCUT2D eigenvalue weighted by Crippen LogP contribution is 2.22. The fourth-order valence-electron chi connectivity index (χ4n) is 3.43. The Hall–Kier alpha value is -1.89. The van der Waals surface area contributed by atoms with E-state index in [2.05, 4.69) is 39.1 Å². The minimum Gasteiger partial charge on any atom is -0.434 e. The second-order valence-electron chi connectivity index (χ2n) is 7.39. The summed E-state index contributed by atoms with van der Waals surface area (Å²) in [6.07, 6.45) is 2.42. The van der Waals surface area contributed by atoms with Gasteiger partial charge >= 0.3 is 6.61 Å². The molecule has 7 heteroatoms. The summed E-state index contributed by atoms with van der Waals surface area (Å²) in [7, 11) is 1.71. The van der Waals surface area contributed by atoms with Gasteiger partial charge in [0.2, 0.25) is 0 Å². The van der Waals surface area contributed by atoms with Gasteiger partial charge in [-0.2, -0.15) is 8.78 Å². The van der Waals surface area contributed by atoms with Gasteiger partial charge < -0.3 is 20.3 Å². The predicted molar refractivity (Wildman–Crippen MR) is 105 cm³/mol. The molecule has 1 fully saturated rings. The molecule has 1 aromatic carbocycles. The molecule has 1 heterocycles. The van der Waals surface area contributed by atoms with Gasteiger partial charge in [-0.15, -0.1) is 0 Å². The van der Waals surface area contributed by atoms with Crippen LogP contribution in [0, 0.1) is 12.8 Å². The number of piperidine rings is 1. The molecule has 1 atom stereocenters. The van der Waals surface area contributed by atoms with E-state index in [-0.39, 0.29) is 5.75 Å². The lowest BCUT2D eigenvalue weighted by atomic mass is 9.97. The molecule has 0 amide bonds. The molecular weight excluding hydrogens is 350 g/mol. The Labute approximate surface area is 161 Å².